The van der Waals surface area contributed by atoms with E-state index in [1.165, 1.54) is 11.1 Å². The van der Waals surface area contributed by atoms with Crippen molar-refractivity contribution in [1.82, 2.24) is 5.32 Å². The molecule has 1 heterocycles. The first-order chi connectivity index (χ1) is 14.7. The molecule has 0 aliphatic carbocycles. The molecule has 0 bridgehead atoms. The first-order valence-corrected chi connectivity index (χ1v) is 10.1. The van der Waals surface area contributed by atoms with Crippen molar-refractivity contribution in [1.29, 1.82) is 0 Å². The predicted octanol–water partition coefficient (Wildman–Crippen LogP) is 4.53. The average molecular weight is 405 g/mol. The van der Waals surface area contributed by atoms with Gasteiger partial charge in [0, 0.05) is 18.2 Å². The summed E-state index contributed by atoms with van der Waals surface area (Å²) in [7, 11) is 4.95. The summed E-state index contributed by atoms with van der Waals surface area (Å²) in [6, 6.07) is 20.4. The summed E-state index contributed by atoms with van der Waals surface area (Å²) >= 11 is 0. The SMILES string of the molecule is COc1cc(OC)c(C2NCCc3cc(OCc4ccccc4)ccc32)cc1OC. The summed E-state index contributed by atoms with van der Waals surface area (Å²) in [6.07, 6.45) is 0.948. The van der Waals surface area contributed by atoms with E-state index in [1.54, 1.807) is 21.3 Å². The van der Waals surface area contributed by atoms with Gasteiger partial charge in [0.15, 0.2) is 11.5 Å². The number of methoxy groups -OCH3 is 3. The maximum Gasteiger partial charge on any atom is 0.164 e. The number of rotatable bonds is 7. The van der Waals surface area contributed by atoms with E-state index in [-0.39, 0.29) is 6.04 Å². The fraction of sp³-hybridized carbons (Fsp3) is 0.280. The van der Waals surface area contributed by atoms with Gasteiger partial charge in [-0.15, -0.1) is 0 Å². The van der Waals surface area contributed by atoms with Gasteiger partial charge in [0.05, 0.1) is 27.4 Å². The van der Waals surface area contributed by atoms with E-state index >= 15 is 0 Å². The lowest BCUT2D eigenvalue weighted by atomic mass is 9.89. The van der Waals surface area contributed by atoms with Crippen LogP contribution in [0, 0.1) is 0 Å². The lowest BCUT2D eigenvalue weighted by Gasteiger charge is -2.29. The van der Waals surface area contributed by atoms with Crippen LogP contribution in [0.4, 0.5) is 0 Å². The number of nitrogens with one attached hydrogen (secondary N) is 1. The molecule has 3 aromatic rings. The van der Waals surface area contributed by atoms with Crippen molar-refractivity contribution in [3.8, 4) is 23.0 Å². The van der Waals surface area contributed by atoms with Gasteiger partial charge in [0.25, 0.3) is 0 Å². The molecule has 30 heavy (non-hydrogen) atoms. The van der Waals surface area contributed by atoms with E-state index in [4.69, 9.17) is 18.9 Å². The third-order valence-electron chi connectivity index (χ3n) is 5.46. The zero-order valence-corrected chi connectivity index (χ0v) is 17.6. The summed E-state index contributed by atoms with van der Waals surface area (Å²) in [4.78, 5) is 0. The molecule has 5 nitrogen and oxygen atoms in total. The van der Waals surface area contributed by atoms with Crippen LogP contribution in [-0.2, 0) is 13.0 Å². The Morgan fingerprint density at radius 1 is 0.800 bits per heavy atom. The highest BCUT2D eigenvalue weighted by molar-refractivity contribution is 5.55. The quantitative estimate of drug-likeness (QED) is 0.626. The van der Waals surface area contributed by atoms with Crippen LogP contribution in [-0.4, -0.2) is 27.9 Å². The smallest absolute Gasteiger partial charge is 0.164 e. The van der Waals surface area contributed by atoms with E-state index in [9.17, 15) is 0 Å². The van der Waals surface area contributed by atoms with Gasteiger partial charge in [-0.3, -0.25) is 0 Å². The lowest BCUT2D eigenvalue weighted by molar-refractivity contribution is 0.305. The minimum absolute atomic E-state index is 0.00618. The van der Waals surface area contributed by atoms with Crippen LogP contribution in [0.3, 0.4) is 0 Å². The van der Waals surface area contributed by atoms with Crippen molar-refractivity contribution in [3.63, 3.8) is 0 Å². The highest BCUT2D eigenvalue weighted by Crippen LogP contribution is 2.41. The Hall–Kier alpha value is -3.18. The minimum atomic E-state index is 0.00618. The second kappa shape index (κ2) is 9.09. The largest absolute Gasteiger partial charge is 0.496 e. The Bertz CT molecular complexity index is 1000. The van der Waals surface area contributed by atoms with Crippen molar-refractivity contribution in [2.75, 3.05) is 27.9 Å². The maximum absolute atomic E-state index is 6.03. The van der Waals surface area contributed by atoms with Gasteiger partial charge in [-0.05, 0) is 41.3 Å². The molecule has 156 valence electrons. The molecule has 0 amide bonds. The van der Waals surface area contributed by atoms with E-state index < -0.39 is 0 Å². The molecule has 0 radical (unpaired) electrons. The molecular weight excluding hydrogens is 378 g/mol. The number of benzene rings is 3. The van der Waals surface area contributed by atoms with Crippen molar-refractivity contribution in [2.24, 2.45) is 0 Å². The zero-order chi connectivity index (χ0) is 20.9. The van der Waals surface area contributed by atoms with Crippen LogP contribution >= 0.6 is 0 Å². The molecule has 1 atom stereocenters. The van der Waals surface area contributed by atoms with Crippen LogP contribution < -0.4 is 24.3 Å². The third kappa shape index (κ3) is 4.07. The average Bonchev–Trinajstić information content (AvgIpc) is 2.81. The predicted molar refractivity (Wildman–Crippen MR) is 117 cm³/mol. The van der Waals surface area contributed by atoms with E-state index in [0.717, 1.165) is 35.6 Å². The molecule has 0 saturated carbocycles. The molecule has 1 aliphatic heterocycles. The normalized spacial score (nSPS) is 15.2. The molecule has 0 fully saturated rings. The van der Waals surface area contributed by atoms with Gasteiger partial charge < -0.3 is 24.3 Å². The summed E-state index contributed by atoms with van der Waals surface area (Å²) < 4.78 is 22.6. The highest BCUT2D eigenvalue weighted by Gasteiger charge is 2.26. The van der Waals surface area contributed by atoms with Crippen molar-refractivity contribution in [2.45, 2.75) is 19.1 Å². The van der Waals surface area contributed by atoms with Crippen LogP contribution in [0.2, 0.25) is 0 Å². The van der Waals surface area contributed by atoms with Crippen molar-refractivity contribution >= 4 is 0 Å². The molecular formula is C25H27NO4. The van der Waals surface area contributed by atoms with Crippen molar-refractivity contribution in [3.05, 3.63) is 82.9 Å². The Kier molecular flexibility index (Phi) is 6.10. The Morgan fingerprint density at radius 2 is 1.53 bits per heavy atom. The van der Waals surface area contributed by atoms with Gasteiger partial charge in [-0.1, -0.05) is 36.4 Å². The van der Waals surface area contributed by atoms with Gasteiger partial charge in [0.2, 0.25) is 0 Å². The fourth-order valence-corrected chi connectivity index (χ4v) is 3.93. The first-order valence-electron chi connectivity index (χ1n) is 10.1. The minimum Gasteiger partial charge on any atom is -0.496 e. The topological polar surface area (TPSA) is 49.0 Å². The lowest BCUT2D eigenvalue weighted by Crippen LogP contribution is -2.31. The fourth-order valence-electron chi connectivity index (χ4n) is 3.93. The Labute approximate surface area is 177 Å². The molecule has 0 saturated heterocycles. The monoisotopic (exact) mass is 405 g/mol. The van der Waals surface area contributed by atoms with Crippen molar-refractivity contribution < 1.29 is 18.9 Å². The van der Waals surface area contributed by atoms with Crippen LogP contribution in [0.5, 0.6) is 23.0 Å². The van der Waals surface area contributed by atoms with Gasteiger partial charge in [-0.25, -0.2) is 0 Å². The van der Waals surface area contributed by atoms with Gasteiger partial charge in [-0.2, -0.15) is 0 Å². The first kappa shape index (κ1) is 20.1. The molecule has 5 heteroatoms. The standard InChI is InChI=1S/C25H27NO4/c1-27-22-15-24(29-3)23(28-2)14-21(22)25-20-10-9-19(13-18(20)11-12-26-25)30-16-17-7-5-4-6-8-17/h4-10,13-15,25-26H,11-12,16H2,1-3H3. The van der Waals surface area contributed by atoms with Crippen LogP contribution in [0.25, 0.3) is 0 Å². The number of hydrogen-bond acceptors (Lipinski definition) is 5. The second-order valence-corrected chi connectivity index (χ2v) is 7.22. The maximum atomic E-state index is 6.03. The summed E-state index contributed by atoms with van der Waals surface area (Å²) in [5.74, 6) is 2.99. The number of hydrogen-bond donors (Lipinski definition) is 1. The molecule has 0 spiro atoms. The molecule has 0 aromatic heterocycles. The summed E-state index contributed by atoms with van der Waals surface area (Å²) in [6.45, 7) is 1.43. The van der Waals surface area contributed by atoms with Gasteiger partial charge >= 0.3 is 0 Å². The van der Waals surface area contributed by atoms with E-state index in [0.29, 0.717) is 18.1 Å². The Balaban J connectivity index is 1.63. The summed E-state index contributed by atoms with van der Waals surface area (Å²) in [5, 5.41) is 3.62. The molecule has 1 N–H and O–H groups in total. The summed E-state index contributed by atoms with van der Waals surface area (Å²) in [5.41, 5.74) is 4.68. The molecule has 1 unspecified atom stereocenters. The number of fused-ring (bicyclic) bond motifs is 1. The zero-order valence-electron chi connectivity index (χ0n) is 17.6. The van der Waals surface area contributed by atoms with Crippen LogP contribution in [0.1, 0.15) is 28.3 Å². The third-order valence-corrected chi connectivity index (χ3v) is 5.46. The Morgan fingerprint density at radius 3 is 2.27 bits per heavy atom. The molecule has 3 aromatic carbocycles. The molecule has 4 rings (SSSR count). The van der Waals surface area contributed by atoms with Crippen LogP contribution in [0.15, 0.2) is 60.7 Å². The van der Waals surface area contributed by atoms with E-state index in [2.05, 4.69) is 29.6 Å². The molecule has 1 aliphatic rings. The number of ether oxygens (including phenoxy) is 4. The highest BCUT2D eigenvalue weighted by atomic mass is 16.5. The second-order valence-electron chi connectivity index (χ2n) is 7.22. The van der Waals surface area contributed by atoms with Gasteiger partial charge in [0.1, 0.15) is 18.1 Å². The van der Waals surface area contributed by atoms with E-state index in [1.807, 2.05) is 36.4 Å².